The molecule has 84 valence electrons. The molecule has 15 heavy (non-hydrogen) atoms. The predicted molar refractivity (Wildman–Crippen MR) is 69.8 cm³/mol. The van der Waals surface area contributed by atoms with E-state index in [2.05, 4.69) is 22.6 Å². The number of aryl methyl sites for hydroxylation is 1. The molecule has 5 heteroatoms. The number of sulfonamides is 1. The van der Waals surface area contributed by atoms with Gasteiger partial charge in [-0.15, -0.1) is 0 Å². The van der Waals surface area contributed by atoms with Gasteiger partial charge in [0.15, 0.2) is 0 Å². The molecular weight excluding hydrogens is 325 g/mol. The van der Waals surface area contributed by atoms with Crippen LogP contribution >= 0.6 is 22.6 Å². The predicted octanol–water partition coefficient (Wildman–Crippen LogP) is 2.18. The van der Waals surface area contributed by atoms with Crippen LogP contribution in [0.3, 0.4) is 0 Å². The van der Waals surface area contributed by atoms with Gasteiger partial charge in [-0.25, -0.2) is 12.7 Å². The highest BCUT2D eigenvalue weighted by molar-refractivity contribution is 14.1. The van der Waals surface area contributed by atoms with Gasteiger partial charge in [0.25, 0.3) is 0 Å². The summed E-state index contributed by atoms with van der Waals surface area (Å²) in [4.78, 5) is 0.390. The van der Waals surface area contributed by atoms with Crippen molar-refractivity contribution in [1.29, 1.82) is 0 Å². The van der Waals surface area contributed by atoms with E-state index in [1.54, 1.807) is 20.2 Å². The van der Waals surface area contributed by atoms with E-state index >= 15 is 0 Å². The summed E-state index contributed by atoms with van der Waals surface area (Å²) in [6, 6.07) is 5.46. The molecule has 0 atom stereocenters. The van der Waals surface area contributed by atoms with E-state index in [0.29, 0.717) is 4.90 Å². The zero-order chi connectivity index (χ0) is 11.6. The van der Waals surface area contributed by atoms with E-state index in [1.807, 2.05) is 19.1 Å². The van der Waals surface area contributed by atoms with E-state index < -0.39 is 10.0 Å². The fourth-order valence-corrected chi connectivity index (χ4v) is 2.85. The Morgan fingerprint density at radius 1 is 1.33 bits per heavy atom. The fourth-order valence-electron chi connectivity index (χ4n) is 1.28. The number of rotatable bonds is 3. The molecule has 1 aromatic rings. The van der Waals surface area contributed by atoms with Crippen molar-refractivity contribution in [3.63, 3.8) is 0 Å². The van der Waals surface area contributed by atoms with Crippen molar-refractivity contribution in [2.24, 2.45) is 0 Å². The molecule has 0 amide bonds. The molecule has 0 heterocycles. The minimum atomic E-state index is -3.30. The van der Waals surface area contributed by atoms with Crippen LogP contribution in [0.2, 0.25) is 0 Å². The number of alkyl halides is 1. The van der Waals surface area contributed by atoms with Crippen LogP contribution < -0.4 is 0 Å². The Morgan fingerprint density at radius 2 is 1.93 bits per heavy atom. The summed E-state index contributed by atoms with van der Waals surface area (Å²) in [5.41, 5.74) is 1.95. The summed E-state index contributed by atoms with van der Waals surface area (Å²) >= 11 is 2.26. The van der Waals surface area contributed by atoms with Gasteiger partial charge in [0, 0.05) is 18.5 Å². The molecule has 0 aromatic heterocycles. The van der Waals surface area contributed by atoms with Crippen LogP contribution in [0.4, 0.5) is 0 Å². The molecule has 0 aliphatic heterocycles. The summed E-state index contributed by atoms with van der Waals surface area (Å²) in [5, 5.41) is 0. The summed E-state index contributed by atoms with van der Waals surface area (Å²) < 4.78 is 25.9. The molecule has 0 aliphatic carbocycles. The number of benzene rings is 1. The summed E-state index contributed by atoms with van der Waals surface area (Å²) in [5.74, 6) is 0. The first kappa shape index (κ1) is 12.9. The maximum atomic E-state index is 11.9. The van der Waals surface area contributed by atoms with Crippen LogP contribution in [0.25, 0.3) is 0 Å². The van der Waals surface area contributed by atoms with Gasteiger partial charge in [-0.1, -0.05) is 34.7 Å². The van der Waals surface area contributed by atoms with Crippen molar-refractivity contribution < 1.29 is 8.42 Å². The highest BCUT2D eigenvalue weighted by Crippen LogP contribution is 2.20. The van der Waals surface area contributed by atoms with Gasteiger partial charge in [-0.2, -0.15) is 0 Å². The SMILES string of the molecule is Cc1cc(CI)ccc1S(=O)(=O)N(C)C. The van der Waals surface area contributed by atoms with Gasteiger partial charge < -0.3 is 0 Å². The lowest BCUT2D eigenvalue weighted by Crippen LogP contribution is -2.23. The monoisotopic (exact) mass is 339 g/mol. The van der Waals surface area contributed by atoms with E-state index in [0.717, 1.165) is 15.6 Å². The van der Waals surface area contributed by atoms with Crippen molar-refractivity contribution in [3.8, 4) is 0 Å². The number of nitrogens with zero attached hydrogens (tertiary/aromatic N) is 1. The Bertz CT molecular complexity index is 454. The number of halogens is 1. The molecule has 0 saturated heterocycles. The van der Waals surface area contributed by atoms with Crippen molar-refractivity contribution in [1.82, 2.24) is 4.31 Å². The fraction of sp³-hybridized carbons (Fsp3) is 0.400. The standard InChI is InChI=1S/C10H14INO2S/c1-8-6-9(7-11)4-5-10(8)15(13,14)12(2)3/h4-6H,7H2,1-3H3. The molecule has 1 aromatic carbocycles. The Balaban J connectivity index is 3.29. The van der Waals surface area contributed by atoms with Gasteiger partial charge in [0.05, 0.1) is 4.90 Å². The largest absolute Gasteiger partial charge is 0.242 e. The van der Waals surface area contributed by atoms with E-state index in [4.69, 9.17) is 0 Å². The quantitative estimate of drug-likeness (QED) is 0.625. The van der Waals surface area contributed by atoms with Gasteiger partial charge in [-0.3, -0.25) is 0 Å². The minimum Gasteiger partial charge on any atom is -0.207 e. The lowest BCUT2D eigenvalue weighted by Gasteiger charge is -2.13. The second-order valence-corrected chi connectivity index (χ2v) is 6.40. The second-order valence-electron chi connectivity index (χ2n) is 3.52. The average Bonchev–Trinajstić information content (AvgIpc) is 2.16. The van der Waals surface area contributed by atoms with Crippen LogP contribution in [-0.2, 0) is 14.5 Å². The number of hydrogen-bond acceptors (Lipinski definition) is 2. The van der Waals surface area contributed by atoms with E-state index in [1.165, 1.54) is 4.31 Å². The van der Waals surface area contributed by atoms with Gasteiger partial charge >= 0.3 is 0 Å². The molecule has 0 bridgehead atoms. The molecule has 0 aliphatic rings. The molecule has 3 nitrogen and oxygen atoms in total. The molecule has 0 unspecified atom stereocenters. The summed E-state index contributed by atoms with van der Waals surface area (Å²) in [7, 11) is -0.216. The first-order valence-corrected chi connectivity index (χ1v) is 7.44. The van der Waals surface area contributed by atoms with Crippen molar-refractivity contribution in [3.05, 3.63) is 29.3 Å². The van der Waals surface area contributed by atoms with Crippen LogP contribution in [0.15, 0.2) is 23.1 Å². The molecule has 0 N–H and O–H groups in total. The van der Waals surface area contributed by atoms with Crippen LogP contribution in [0.1, 0.15) is 11.1 Å². The highest BCUT2D eigenvalue weighted by atomic mass is 127. The molecule has 0 spiro atoms. The third-order valence-corrected chi connectivity index (χ3v) is 5.01. The van der Waals surface area contributed by atoms with Crippen molar-refractivity contribution >= 4 is 32.6 Å². The van der Waals surface area contributed by atoms with Gasteiger partial charge in [0.1, 0.15) is 0 Å². The molecule has 0 radical (unpaired) electrons. The third kappa shape index (κ3) is 2.70. The van der Waals surface area contributed by atoms with Crippen LogP contribution in [0, 0.1) is 6.92 Å². The maximum Gasteiger partial charge on any atom is 0.242 e. The second kappa shape index (κ2) is 4.80. The smallest absolute Gasteiger partial charge is 0.207 e. The first-order valence-electron chi connectivity index (χ1n) is 4.47. The zero-order valence-electron chi connectivity index (χ0n) is 8.99. The topological polar surface area (TPSA) is 37.4 Å². The molecule has 0 saturated carbocycles. The van der Waals surface area contributed by atoms with Crippen molar-refractivity contribution in [2.75, 3.05) is 14.1 Å². The Hall–Kier alpha value is -0.140. The highest BCUT2D eigenvalue weighted by Gasteiger charge is 2.19. The van der Waals surface area contributed by atoms with Crippen LogP contribution in [0.5, 0.6) is 0 Å². The lowest BCUT2D eigenvalue weighted by molar-refractivity contribution is 0.520. The molecule has 0 fully saturated rings. The summed E-state index contributed by atoms with van der Waals surface area (Å²) in [6.45, 7) is 1.83. The van der Waals surface area contributed by atoms with E-state index in [-0.39, 0.29) is 0 Å². The summed E-state index contributed by atoms with van der Waals surface area (Å²) in [6.07, 6.45) is 0. The Labute approximate surface area is 105 Å². The minimum absolute atomic E-state index is 0.390. The zero-order valence-corrected chi connectivity index (χ0v) is 12.0. The molecular formula is C10H14INO2S. The Morgan fingerprint density at radius 3 is 2.33 bits per heavy atom. The normalized spacial score (nSPS) is 12.1. The third-order valence-electron chi connectivity index (χ3n) is 2.15. The lowest BCUT2D eigenvalue weighted by atomic mass is 10.2. The first-order chi connectivity index (χ1) is 6.89. The molecule has 1 rings (SSSR count). The van der Waals surface area contributed by atoms with Gasteiger partial charge in [-0.05, 0) is 24.1 Å². The van der Waals surface area contributed by atoms with Gasteiger partial charge in [0.2, 0.25) is 10.0 Å². The van der Waals surface area contributed by atoms with Crippen LogP contribution in [-0.4, -0.2) is 26.8 Å². The maximum absolute atomic E-state index is 11.9. The van der Waals surface area contributed by atoms with Crippen molar-refractivity contribution in [2.45, 2.75) is 16.2 Å². The average molecular weight is 339 g/mol. The number of hydrogen-bond donors (Lipinski definition) is 0. The Kier molecular flexibility index (Phi) is 4.13. The van der Waals surface area contributed by atoms with E-state index in [9.17, 15) is 8.42 Å².